The van der Waals surface area contributed by atoms with Crippen LogP contribution < -0.4 is 0 Å². The molecule has 0 atom stereocenters. The van der Waals surface area contributed by atoms with Crippen molar-refractivity contribution in [3.8, 4) is 0 Å². The van der Waals surface area contributed by atoms with Gasteiger partial charge in [-0.05, 0) is 12.8 Å². The Morgan fingerprint density at radius 3 is 1.90 bits per heavy atom. The molecule has 7 nitrogen and oxygen atoms in total. The maximum Gasteiger partial charge on any atom is 0.317 e. The van der Waals surface area contributed by atoms with E-state index in [2.05, 4.69) is 0 Å². The molecule has 0 bridgehead atoms. The first kappa shape index (κ1) is 16.4. The molecule has 114 valence electrons. The third kappa shape index (κ3) is 5.56. The zero-order chi connectivity index (χ0) is 15.1. The molecular weight excluding hydrogens is 264 g/mol. The molecule has 1 rings (SSSR count). The first-order chi connectivity index (χ1) is 9.40. The van der Waals surface area contributed by atoms with Gasteiger partial charge in [-0.2, -0.15) is 0 Å². The molecule has 2 N–H and O–H groups in total. The molecule has 0 unspecified atom stereocenters. The highest BCUT2D eigenvalue weighted by atomic mass is 16.4. The van der Waals surface area contributed by atoms with Crippen molar-refractivity contribution in [2.24, 2.45) is 0 Å². The highest BCUT2D eigenvalue weighted by molar-refractivity contribution is 5.80. The maximum absolute atomic E-state index is 12.1. The molecule has 1 aliphatic rings. The van der Waals surface area contributed by atoms with E-state index < -0.39 is 25.0 Å². The highest BCUT2D eigenvalue weighted by Crippen LogP contribution is 2.21. The Morgan fingerprint density at radius 2 is 1.45 bits per heavy atom. The first-order valence-corrected chi connectivity index (χ1v) is 6.81. The number of carbonyl (C=O) groups excluding carboxylic acids is 1. The molecular formula is C13H22N2O5. The van der Waals surface area contributed by atoms with Crippen LogP contribution >= 0.6 is 0 Å². The molecule has 0 aromatic carbocycles. The van der Waals surface area contributed by atoms with Gasteiger partial charge in [-0.1, -0.05) is 19.3 Å². The molecule has 7 heteroatoms. The maximum atomic E-state index is 12.1. The normalized spacial score (nSPS) is 16.1. The number of aliphatic carboxylic acids is 2. The average Bonchev–Trinajstić information content (AvgIpc) is 2.37. The quantitative estimate of drug-likeness (QED) is 0.696. The molecule has 1 aliphatic carbocycles. The fraction of sp³-hybridized carbons (Fsp3) is 0.769. The van der Waals surface area contributed by atoms with E-state index in [-0.39, 0.29) is 18.5 Å². The number of hydrogen-bond acceptors (Lipinski definition) is 4. The van der Waals surface area contributed by atoms with Crippen LogP contribution in [0.3, 0.4) is 0 Å². The second-order valence-electron chi connectivity index (χ2n) is 5.23. The number of carboxylic acids is 2. The van der Waals surface area contributed by atoms with Crippen LogP contribution in [0.25, 0.3) is 0 Å². The number of carboxylic acid groups (broad SMARTS) is 2. The van der Waals surface area contributed by atoms with Crippen molar-refractivity contribution in [2.45, 2.75) is 38.1 Å². The Labute approximate surface area is 118 Å². The van der Waals surface area contributed by atoms with Crippen molar-refractivity contribution in [3.63, 3.8) is 0 Å². The first-order valence-electron chi connectivity index (χ1n) is 6.81. The van der Waals surface area contributed by atoms with E-state index >= 15 is 0 Å². The van der Waals surface area contributed by atoms with Gasteiger partial charge in [0.15, 0.2) is 0 Å². The van der Waals surface area contributed by atoms with E-state index in [0.29, 0.717) is 0 Å². The third-order valence-corrected chi connectivity index (χ3v) is 3.59. The molecule has 0 aromatic rings. The third-order valence-electron chi connectivity index (χ3n) is 3.59. The summed E-state index contributed by atoms with van der Waals surface area (Å²) in [4.78, 5) is 36.2. The number of carbonyl (C=O) groups is 3. The van der Waals surface area contributed by atoms with Crippen LogP contribution in [0.15, 0.2) is 0 Å². The minimum atomic E-state index is -1.14. The monoisotopic (exact) mass is 286 g/mol. The van der Waals surface area contributed by atoms with Gasteiger partial charge in [-0.3, -0.25) is 19.3 Å². The average molecular weight is 286 g/mol. The van der Waals surface area contributed by atoms with Crippen molar-refractivity contribution >= 4 is 17.8 Å². The lowest BCUT2D eigenvalue weighted by molar-refractivity contribution is -0.143. The van der Waals surface area contributed by atoms with Crippen LogP contribution in [0.5, 0.6) is 0 Å². The van der Waals surface area contributed by atoms with Gasteiger partial charge in [0.2, 0.25) is 5.91 Å². The number of rotatable bonds is 7. The minimum absolute atomic E-state index is 0.175. The lowest BCUT2D eigenvalue weighted by Gasteiger charge is -2.32. The summed E-state index contributed by atoms with van der Waals surface area (Å²) in [5.41, 5.74) is 0. The van der Waals surface area contributed by atoms with E-state index in [9.17, 15) is 14.4 Å². The van der Waals surface area contributed by atoms with E-state index in [0.717, 1.165) is 30.6 Å². The Balaban J connectivity index is 2.54. The number of nitrogens with zero attached hydrogens (tertiary/aromatic N) is 2. The number of likely N-dealkylation sites (N-methyl/N-ethyl adjacent to an activating group) is 1. The van der Waals surface area contributed by atoms with Crippen LogP contribution in [0.4, 0.5) is 0 Å². The lowest BCUT2D eigenvalue weighted by atomic mass is 9.94. The Kier molecular flexibility index (Phi) is 6.44. The van der Waals surface area contributed by atoms with Crippen molar-refractivity contribution in [3.05, 3.63) is 0 Å². The van der Waals surface area contributed by atoms with Gasteiger partial charge >= 0.3 is 11.9 Å². The van der Waals surface area contributed by atoms with E-state index in [1.54, 1.807) is 11.9 Å². The highest BCUT2D eigenvalue weighted by Gasteiger charge is 2.24. The molecule has 0 heterocycles. The molecule has 0 saturated heterocycles. The summed E-state index contributed by atoms with van der Waals surface area (Å²) in [6.45, 7) is -1.07. The summed E-state index contributed by atoms with van der Waals surface area (Å²) >= 11 is 0. The van der Waals surface area contributed by atoms with Crippen LogP contribution in [-0.2, 0) is 14.4 Å². The second kappa shape index (κ2) is 7.84. The molecule has 0 aliphatic heterocycles. The summed E-state index contributed by atoms with van der Waals surface area (Å²) in [5, 5.41) is 17.5. The zero-order valence-corrected chi connectivity index (χ0v) is 11.7. The summed E-state index contributed by atoms with van der Waals surface area (Å²) in [5.74, 6) is -2.50. The fourth-order valence-corrected chi connectivity index (χ4v) is 2.53. The van der Waals surface area contributed by atoms with Gasteiger partial charge in [-0.15, -0.1) is 0 Å². The van der Waals surface area contributed by atoms with E-state index in [4.69, 9.17) is 10.2 Å². The van der Waals surface area contributed by atoms with Crippen LogP contribution in [-0.4, -0.2) is 70.6 Å². The van der Waals surface area contributed by atoms with Crippen molar-refractivity contribution in [2.75, 3.05) is 26.7 Å². The van der Waals surface area contributed by atoms with Gasteiger partial charge in [0, 0.05) is 13.1 Å². The standard InChI is InChI=1S/C13H22N2O5/c1-14(10-5-3-2-4-6-10)11(16)7-15(8-12(17)18)9-13(19)20/h10H,2-9H2,1H3,(H,17,18)(H,19,20). The minimum Gasteiger partial charge on any atom is -0.480 e. The van der Waals surface area contributed by atoms with Gasteiger partial charge in [0.05, 0.1) is 19.6 Å². The van der Waals surface area contributed by atoms with Crippen molar-refractivity contribution in [1.82, 2.24) is 9.80 Å². The van der Waals surface area contributed by atoms with Crippen LogP contribution in [0, 0.1) is 0 Å². The molecule has 1 amide bonds. The van der Waals surface area contributed by atoms with Gasteiger partial charge in [0.1, 0.15) is 0 Å². The second-order valence-corrected chi connectivity index (χ2v) is 5.23. The zero-order valence-electron chi connectivity index (χ0n) is 11.7. The van der Waals surface area contributed by atoms with E-state index in [1.807, 2.05) is 0 Å². The van der Waals surface area contributed by atoms with Gasteiger partial charge in [-0.25, -0.2) is 0 Å². The van der Waals surface area contributed by atoms with Crippen molar-refractivity contribution < 1.29 is 24.6 Å². The molecule has 0 radical (unpaired) electrons. The van der Waals surface area contributed by atoms with Crippen molar-refractivity contribution in [1.29, 1.82) is 0 Å². The lowest BCUT2D eigenvalue weighted by Crippen LogP contribution is -2.46. The Bertz CT molecular complexity index is 350. The SMILES string of the molecule is CN(C(=O)CN(CC(=O)O)CC(=O)O)C1CCCCC1. The fourth-order valence-electron chi connectivity index (χ4n) is 2.53. The van der Waals surface area contributed by atoms with Gasteiger partial charge < -0.3 is 15.1 Å². The smallest absolute Gasteiger partial charge is 0.317 e. The predicted molar refractivity (Wildman–Crippen MR) is 71.4 cm³/mol. The Hall–Kier alpha value is -1.63. The van der Waals surface area contributed by atoms with E-state index in [1.165, 1.54) is 6.42 Å². The van der Waals surface area contributed by atoms with Crippen LogP contribution in [0.2, 0.25) is 0 Å². The predicted octanol–water partition coefficient (Wildman–Crippen LogP) is 0.249. The molecule has 1 fully saturated rings. The molecule has 20 heavy (non-hydrogen) atoms. The summed E-state index contributed by atoms with van der Waals surface area (Å²) in [7, 11) is 1.71. The molecule has 1 saturated carbocycles. The molecule has 0 aromatic heterocycles. The topological polar surface area (TPSA) is 98.2 Å². The largest absolute Gasteiger partial charge is 0.480 e. The number of hydrogen-bond donors (Lipinski definition) is 2. The molecule has 0 spiro atoms. The Morgan fingerprint density at radius 1 is 0.950 bits per heavy atom. The number of amides is 1. The van der Waals surface area contributed by atoms with Gasteiger partial charge in [0.25, 0.3) is 0 Å². The summed E-state index contributed by atoms with van der Waals surface area (Å²) in [6.07, 6.45) is 5.29. The summed E-state index contributed by atoms with van der Waals surface area (Å²) < 4.78 is 0. The van der Waals surface area contributed by atoms with Crippen LogP contribution in [0.1, 0.15) is 32.1 Å². The summed E-state index contributed by atoms with van der Waals surface area (Å²) in [6, 6.07) is 0.188.